The molecule has 0 aliphatic heterocycles. The van der Waals surface area contributed by atoms with Crippen molar-refractivity contribution in [2.75, 3.05) is 0 Å². The Morgan fingerprint density at radius 3 is 2.14 bits per heavy atom. The van der Waals surface area contributed by atoms with Gasteiger partial charge in [-0.05, 0) is 24.7 Å². The van der Waals surface area contributed by atoms with Gasteiger partial charge in [0, 0.05) is 0 Å². The lowest BCUT2D eigenvalue weighted by Crippen LogP contribution is -2.23. The van der Waals surface area contributed by atoms with Crippen LogP contribution in [0.5, 0.6) is 0 Å². The van der Waals surface area contributed by atoms with Gasteiger partial charge in [-0.15, -0.1) is 0 Å². The highest BCUT2D eigenvalue weighted by atomic mass is 14.3. The minimum absolute atomic E-state index is 0.770. The number of hydrogen-bond acceptors (Lipinski definition) is 0. The Hall–Kier alpha value is 0. The lowest BCUT2D eigenvalue weighted by atomic mass is 9.69. The van der Waals surface area contributed by atoms with E-state index in [1.165, 1.54) is 70.6 Å². The van der Waals surface area contributed by atoms with Crippen LogP contribution in [0.4, 0.5) is 0 Å². The topological polar surface area (TPSA) is 0 Å². The Kier molecular flexibility index (Phi) is 5.59. The van der Waals surface area contributed by atoms with Crippen LogP contribution in [0.25, 0.3) is 0 Å². The maximum absolute atomic E-state index is 2.41. The first-order valence-electron chi connectivity index (χ1n) is 6.83. The van der Waals surface area contributed by atoms with Gasteiger partial charge in [-0.1, -0.05) is 65.2 Å². The Labute approximate surface area is 90.5 Å². The highest BCUT2D eigenvalue weighted by Crippen LogP contribution is 2.43. The van der Waals surface area contributed by atoms with E-state index in [0.717, 1.165) is 5.41 Å². The molecule has 0 heterocycles. The molecule has 0 aromatic rings. The van der Waals surface area contributed by atoms with Crippen LogP contribution in [0.15, 0.2) is 0 Å². The van der Waals surface area contributed by atoms with Gasteiger partial charge < -0.3 is 0 Å². The van der Waals surface area contributed by atoms with Gasteiger partial charge in [-0.25, -0.2) is 0 Å². The van der Waals surface area contributed by atoms with E-state index < -0.39 is 0 Å². The largest absolute Gasteiger partial charge is 0.0654 e. The molecule has 0 nitrogen and oxygen atoms in total. The Bertz CT molecular complexity index is 131. The molecule has 1 rings (SSSR count). The minimum Gasteiger partial charge on any atom is -0.0654 e. The van der Waals surface area contributed by atoms with Crippen LogP contribution in [-0.4, -0.2) is 0 Å². The zero-order valence-corrected chi connectivity index (χ0v) is 10.3. The zero-order valence-electron chi connectivity index (χ0n) is 10.3. The van der Waals surface area contributed by atoms with Gasteiger partial charge in [0.2, 0.25) is 0 Å². The van der Waals surface area contributed by atoms with Crippen molar-refractivity contribution in [1.82, 2.24) is 0 Å². The summed E-state index contributed by atoms with van der Waals surface area (Å²) < 4.78 is 0. The number of unbranched alkanes of at least 4 members (excludes halogenated alkanes) is 3. The van der Waals surface area contributed by atoms with Crippen LogP contribution in [0, 0.1) is 5.41 Å². The molecular formula is C14H28. The first-order chi connectivity index (χ1) is 6.83. The molecule has 1 aliphatic carbocycles. The van der Waals surface area contributed by atoms with Crippen molar-refractivity contribution >= 4 is 0 Å². The van der Waals surface area contributed by atoms with E-state index in [1.54, 1.807) is 0 Å². The summed E-state index contributed by atoms with van der Waals surface area (Å²) in [6.07, 6.45) is 16.3. The molecule has 1 fully saturated rings. The maximum atomic E-state index is 2.41. The lowest BCUT2D eigenvalue weighted by Gasteiger charge is -2.36. The fourth-order valence-corrected chi connectivity index (χ4v) is 3.01. The highest BCUT2D eigenvalue weighted by Gasteiger charge is 2.28. The molecule has 1 saturated carbocycles. The third-order valence-electron chi connectivity index (χ3n) is 4.22. The molecule has 0 atom stereocenters. The summed E-state index contributed by atoms with van der Waals surface area (Å²) in [5, 5.41) is 0. The summed E-state index contributed by atoms with van der Waals surface area (Å²) in [6.45, 7) is 4.71. The monoisotopic (exact) mass is 196 g/mol. The van der Waals surface area contributed by atoms with Gasteiger partial charge in [-0.2, -0.15) is 0 Å². The maximum Gasteiger partial charge on any atom is -0.0300 e. The third kappa shape index (κ3) is 3.63. The molecule has 0 bridgehead atoms. The van der Waals surface area contributed by atoms with Crippen molar-refractivity contribution in [1.29, 1.82) is 0 Å². The van der Waals surface area contributed by atoms with E-state index in [2.05, 4.69) is 13.8 Å². The SMILES string of the molecule is CCCCCCC1(CC)CCCCC1. The molecule has 84 valence electrons. The van der Waals surface area contributed by atoms with Crippen LogP contribution >= 0.6 is 0 Å². The fraction of sp³-hybridized carbons (Fsp3) is 1.00. The van der Waals surface area contributed by atoms with Crippen molar-refractivity contribution in [2.24, 2.45) is 5.41 Å². The van der Waals surface area contributed by atoms with E-state index in [4.69, 9.17) is 0 Å². The van der Waals surface area contributed by atoms with E-state index in [-0.39, 0.29) is 0 Å². The number of rotatable bonds is 6. The lowest BCUT2D eigenvalue weighted by molar-refractivity contribution is 0.159. The Morgan fingerprint density at radius 2 is 1.57 bits per heavy atom. The van der Waals surface area contributed by atoms with Crippen molar-refractivity contribution in [3.05, 3.63) is 0 Å². The van der Waals surface area contributed by atoms with Gasteiger partial charge >= 0.3 is 0 Å². The van der Waals surface area contributed by atoms with Gasteiger partial charge in [0.25, 0.3) is 0 Å². The van der Waals surface area contributed by atoms with E-state index >= 15 is 0 Å². The van der Waals surface area contributed by atoms with Crippen molar-refractivity contribution < 1.29 is 0 Å². The second-order valence-electron chi connectivity index (χ2n) is 5.22. The molecule has 0 aromatic heterocycles. The second kappa shape index (κ2) is 6.48. The second-order valence-corrected chi connectivity index (χ2v) is 5.22. The minimum atomic E-state index is 0.770. The van der Waals surface area contributed by atoms with Gasteiger partial charge in [0.15, 0.2) is 0 Å². The van der Waals surface area contributed by atoms with E-state index in [0.29, 0.717) is 0 Å². The molecule has 0 heteroatoms. The molecule has 14 heavy (non-hydrogen) atoms. The predicted octanol–water partition coefficient (Wildman–Crippen LogP) is 5.32. The van der Waals surface area contributed by atoms with Crippen LogP contribution in [0.2, 0.25) is 0 Å². The summed E-state index contributed by atoms with van der Waals surface area (Å²) >= 11 is 0. The standard InChI is InChI=1S/C14H28/c1-3-5-6-8-11-14(4-2)12-9-7-10-13-14/h3-13H2,1-2H3. The van der Waals surface area contributed by atoms with Crippen LogP contribution in [-0.2, 0) is 0 Å². The van der Waals surface area contributed by atoms with E-state index in [9.17, 15) is 0 Å². The van der Waals surface area contributed by atoms with Gasteiger partial charge in [0.1, 0.15) is 0 Å². The predicted molar refractivity (Wildman–Crippen MR) is 64.6 cm³/mol. The van der Waals surface area contributed by atoms with Crippen LogP contribution < -0.4 is 0 Å². The first kappa shape index (κ1) is 12.1. The molecule has 0 saturated heterocycles. The summed E-state index contributed by atoms with van der Waals surface area (Å²) in [5.74, 6) is 0. The number of hydrogen-bond donors (Lipinski definition) is 0. The molecule has 0 radical (unpaired) electrons. The van der Waals surface area contributed by atoms with Gasteiger partial charge in [-0.3, -0.25) is 0 Å². The average molecular weight is 196 g/mol. The molecule has 1 aliphatic rings. The summed E-state index contributed by atoms with van der Waals surface area (Å²) in [4.78, 5) is 0. The van der Waals surface area contributed by atoms with Gasteiger partial charge in [0.05, 0.1) is 0 Å². The Morgan fingerprint density at radius 1 is 0.857 bits per heavy atom. The summed E-state index contributed by atoms with van der Waals surface area (Å²) in [6, 6.07) is 0. The molecule has 0 unspecified atom stereocenters. The average Bonchev–Trinajstić information content (AvgIpc) is 2.26. The highest BCUT2D eigenvalue weighted by molar-refractivity contribution is 4.81. The fourth-order valence-electron chi connectivity index (χ4n) is 3.01. The first-order valence-corrected chi connectivity index (χ1v) is 6.83. The summed E-state index contributed by atoms with van der Waals surface area (Å²) in [7, 11) is 0. The van der Waals surface area contributed by atoms with Crippen LogP contribution in [0.3, 0.4) is 0 Å². The van der Waals surface area contributed by atoms with Crippen molar-refractivity contribution in [2.45, 2.75) is 84.5 Å². The molecule has 0 aromatic carbocycles. The molecule has 0 spiro atoms. The van der Waals surface area contributed by atoms with Crippen LogP contribution in [0.1, 0.15) is 84.5 Å². The quantitative estimate of drug-likeness (QED) is 0.504. The smallest absolute Gasteiger partial charge is 0.0300 e. The van der Waals surface area contributed by atoms with Crippen molar-refractivity contribution in [3.8, 4) is 0 Å². The molecule has 0 N–H and O–H groups in total. The third-order valence-corrected chi connectivity index (χ3v) is 4.22. The molecular weight excluding hydrogens is 168 g/mol. The summed E-state index contributed by atoms with van der Waals surface area (Å²) in [5.41, 5.74) is 0.770. The van der Waals surface area contributed by atoms with E-state index in [1.807, 2.05) is 0 Å². The normalized spacial score (nSPS) is 21.0. The molecule has 0 amide bonds. The van der Waals surface area contributed by atoms with Crippen molar-refractivity contribution in [3.63, 3.8) is 0 Å². The Balaban J connectivity index is 2.22. The zero-order chi connectivity index (χ0) is 10.3.